The molecule has 2 nitrogen and oxygen atoms in total. The van der Waals surface area contributed by atoms with E-state index < -0.39 is 0 Å². The van der Waals surface area contributed by atoms with Crippen LogP contribution in [-0.4, -0.2) is 19.8 Å². The zero-order chi connectivity index (χ0) is 10.9. The van der Waals surface area contributed by atoms with Crippen LogP contribution in [0.1, 0.15) is 12.5 Å². The van der Waals surface area contributed by atoms with Gasteiger partial charge in [0.2, 0.25) is 0 Å². The molecule has 1 fully saturated rings. The SMILES string of the molecule is CC(CN)C1(c2ccc(Cl)cc2)COC1. The van der Waals surface area contributed by atoms with E-state index in [0.29, 0.717) is 12.5 Å². The molecule has 0 amide bonds. The van der Waals surface area contributed by atoms with Gasteiger partial charge in [0.15, 0.2) is 0 Å². The molecule has 0 saturated carbocycles. The van der Waals surface area contributed by atoms with Crippen LogP contribution in [-0.2, 0) is 10.2 Å². The van der Waals surface area contributed by atoms with Crippen molar-refractivity contribution in [1.82, 2.24) is 0 Å². The highest BCUT2D eigenvalue weighted by Gasteiger charge is 2.44. The first kappa shape index (κ1) is 10.9. The molecule has 1 unspecified atom stereocenters. The van der Waals surface area contributed by atoms with Crippen molar-refractivity contribution in [2.24, 2.45) is 11.7 Å². The highest BCUT2D eigenvalue weighted by atomic mass is 35.5. The molecular weight excluding hydrogens is 210 g/mol. The Labute approximate surface area is 95.4 Å². The smallest absolute Gasteiger partial charge is 0.0588 e. The summed E-state index contributed by atoms with van der Waals surface area (Å²) in [6.45, 7) is 4.41. The number of halogens is 1. The van der Waals surface area contributed by atoms with Crippen LogP contribution < -0.4 is 5.73 Å². The first-order valence-corrected chi connectivity index (χ1v) is 5.61. The Morgan fingerprint density at radius 2 is 2.00 bits per heavy atom. The van der Waals surface area contributed by atoms with E-state index in [1.165, 1.54) is 5.56 Å². The molecule has 1 atom stereocenters. The summed E-state index contributed by atoms with van der Waals surface area (Å²) in [5.41, 5.74) is 7.15. The van der Waals surface area contributed by atoms with Gasteiger partial charge in [-0.05, 0) is 30.2 Å². The Balaban J connectivity index is 2.30. The molecule has 82 valence electrons. The van der Waals surface area contributed by atoms with Crippen LogP contribution in [0.3, 0.4) is 0 Å². The molecule has 1 heterocycles. The number of nitrogens with two attached hydrogens (primary N) is 1. The summed E-state index contributed by atoms with van der Waals surface area (Å²) in [6.07, 6.45) is 0. The lowest BCUT2D eigenvalue weighted by Crippen LogP contribution is -2.53. The van der Waals surface area contributed by atoms with Crippen molar-refractivity contribution in [3.63, 3.8) is 0 Å². The first-order chi connectivity index (χ1) is 7.19. The number of ether oxygens (including phenoxy) is 1. The molecule has 2 rings (SSSR count). The molecule has 0 radical (unpaired) electrons. The van der Waals surface area contributed by atoms with Gasteiger partial charge in [-0.25, -0.2) is 0 Å². The van der Waals surface area contributed by atoms with Crippen molar-refractivity contribution < 1.29 is 4.74 Å². The highest BCUT2D eigenvalue weighted by molar-refractivity contribution is 6.30. The summed E-state index contributed by atoms with van der Waals surface area (Å²) < 4.78 is 5.36. The molecule has 3 heteroatoms. The van der Waals surface area contributed by atoms with Crippen LogP contribution in [0, 0.1) is 5.92 Å². The molecule has 1 saturated heterocycles. The van der Waals surface area contributed by atoms with E-state index in [-0.39, 0.29) is 5.41 Å². The van der Waals surface area contributed by atoms with Crippen LogP contribution in [0.2, 0.25) is 5.02 Å². The van der Waals surface area contributed by atoms with Crippen molar-refractivity contribution in [2.45, 2.75) is 12.3 Å². The Morgan fingerprint density at radius 3 is 2.40 bits per heavy atom. The molecule has 0 aliphatic carbocycles. The summed E-state index contributed by atoms with van der Waals surface area (Å²) in [6, 6.07) is 8.02. The van der Waals surface area contributed by atoms with Gasteiger partial charge in [-0.2, -0.15) is 0 Å². The third kappa shape index (κ3) is 1.78. The molecule has 0 spiro atoms. The average Bonchev–Trinajstić information content (AvgIpc) is 2.19. The summed E-state index contributed by atoms with van der Waals surface area (Å²) in [5.74, 6) is 0.437. The van der Waals surface area contributed by atoms with Crippen LogP contribution >= 0.6 is 11.6 Å². The van der Waals surface area contributed by atoms with Crippen molar-refractivity contribution in [1.29, 1.82) is 0 Å². The minimum Gasteiger partial charge on any atom is -0.379 e. The van der Waals surface area contributed by atoms with Gasteiger partial charge in [-0.1, -0.05) is 30.7 Å². The van der Waals surface area contributed by atoms with Gasteiger partial charge in [-0.3, -0.25) is 0 Å². The van der Waals surface area contributed by atoms with Crippen molar-refractivity contribution in [3.05, 3.63) is 34.9 Å². The van der Waals surface area contributed by atoms with Crippen molar-refractivity contribution in [3.8, 4) is 0 Å². The fourth-order valence-electron chi connectivity index (χ4n) is 2.07. The summed E-state index contributed by atoms with van der Waals surface area (Å²) in [7, 11) is 0. The monoisotopic (exact) mass is 225 g/mol. The first-order valence-electron chi connectivity index (χ1n) is 5.23. The Hall–Kier alpha value is -0.570. The van der Waals surface area contributed by atoms with Crippen LogP contribution in [0.15, 0.2) is 24.3 Å². The van der Waals surface area contributed by atoms with Gasteiger partial charge in [-0.15, -0.1) is 0 Å². The fraction of sp³-hybridized carbons (Fsp3) is 0.500. The van der Waals surface area contributed by atoms with Crippen LogP contribution in [0.4, 0.5) is 0 Å². The largest absolute Gasteiger partial charge is 0.379 e. The van der Waals surface area contributed by atoms with Crippen molar-refractivity contribution in [2.75, 3.05) is 19.8 Å². The van der Waals surface area contributed by atoms with Crippen LogP contribution in [0.5, 0.6) is 0 Å². The van der Waals surface area contributed by atoms with E-state index in [0.717, 1.165) is 18.2 Å². The van der Waals surface area contributed by atoms with Gasteiger partial charge < -0.3 is 10.5 Å². The van der Waals surface area contributed by atoms with E-state index in [1.54, 1.807) is 0 Å². The minimum absolute atomic E-state index is 0.110. The zero-order valence-electron chi connectivity index (χ0n) is 8.87. The normalized spacial score (nSPS) is 20.7. The number of hydrogen-bond acceptors (Lipinski definition) is 2. The maximum Gasteiger partial charge on any atom is 0.0588 e. The lowest BCUT2D eigenvalue weighted by Gasteiger charge is -2.46. The zero-order valence-corrected chi connectivity index (χ0v) is 9.63. The number of hydrogen-bond donors (Lipinski definition) is 1. The Kier molecular flexibility index (Phi) is 3.01. The van der Waals surface area contributed by atoms with Gasteiger partial charge in [0, 0.05) is 10.4 Å². The average molecular weight is 226 g/mol. The van der Waals surface area contributed by atoms with Gasteiger partial charge >= 0.3 is 0 Å². The molecule has 1 aliphatic heterocycles. The second-order valence-corrected chi connectivity index (χ2v) is 4.73. The standard InChI is InChI=1S/C12H16ClNO/c1-9(6-14)12(7-15-8-12)10-2-4-11(13)5-3-10/h2-5,9H,6-8,14H2,1H3. The third-order valence-electron chi connectivity index (χ3n) is 3.44. The Bertz CT molecular complexity index is 332. The van der Waals surface area contributed by atoms with E-state index in [1.807, 2.05) is 12.1 Å². The minimum atomic E-state index is 0.110. The molecule has 1 aromatic carbocycles. The lowest BCUT2D eigenvalue weighted by molar-refractivity contribution is -0.0854. The second kappa shape index (κ2) is 4.12. The number of rotatable bonds is 3. The maximum atomic E-state index is 5.88. The van der Waals surface area contributed by atoms with Crippen molar-refractivity contribution >= 4 is 11.6 Å². The lowest BCUT2D eigenvalue weighted by atomic mass is 9.69. The van der Waals surface area contributed by atoms with Crippen LogP contribution in [0.25, 0.3) is 0 Å². The predicted octanol–water partition coefficient (Wildman–Crippen LogP) is 2.20. The summed E-state index contributed by atoms with van der Waals surface area (Å²) in [4.78, 5) is 0. The van der Waals surface area contributed by atoms with E-state index in [9.17, 15) is 0 Å². The molecule has 15 heavy (non-hydrogen) atoms. The summed E-state index contributed by atoms with van der Waals surface area (Å²) >= 11 is 5.88. The number of benzene rings is 1. The van der Waals surface area contributed by atoms with Gasteiger partial charge in [0.05, 0.1) is 13.2 Å². The molecular formula is C12H16ClNO. The Morgan fingerprint density at radius 1 is 1.40 bits per heavy atom. The molecule has 2 N–H and O–H groups in total. The van der Waals surface area contributed by atoms with E-state index >= 15 is 0 Å². The molecule has 1 aromatic rings. The summed E-state index contributed by atoms with van der Waals surface area (Å²) in [5, 5.41) is 0.773. The van der Waals surface area contributed by atoms with Gasteiger partial charge in [0.1, 0.15) is 0 Å². The maximum absolute atomic E-state index is 5.88. The highest BCUT2D eigenvalue weighted by Crippen LogP contribution is 2.39. The second-order valence-electron chi connectivity index (χ2n) is 4.29. The molecule has 1 aliphatic rings. The molecule has 0 aromatic heterocycles. The van der Waals surface area contributed by atoms with Gasteiger partial charge in [0.25, 0.3) is 0 Å². The molecule has 0 bridgehead atoms. The van der Waals surface area contributed by atoms with E-state index in [4.69, 9.17) is 22.1 Å². The quantitative estimate of drug-likeness (QED) is 0.856. The predicted molar refractivity (Wildman–Crippen MR) is 62.2 cm³/mol. The fourth-order valence-corrected chi connectivity index (χ4v) is 2.19. The van der Waals surface area contributed by atoms with E-state index in [2.05, 4.69) is 19.1 Å². The topological polar surface area (TPSA) is 35.2 Å². The third-order valence-corrected chi connectivity index (χ3v) is 3.69.